The topological polar surface area (TPSA) is 90.4 Å². The van der Waals surface area contributed by atoms with Crippen LogP contribution in [0, 0.1) is 11.8 Å². The average molecular weight is 440 g/mol. The Labute approximate surface area is 188 Å². The summed E-state index contributed by atoms with van der Waals surface area (Å²) in [5.41, 5.74) is -0.103. The zero-order valence-electron chi connectivity index (χ0n) is 18.8. The summed E-state index contributed by atoms with van der Waals surface area (Å²) in [7, 11) is 0. The summed E-state index contributed by atoms with van der Waals surface area (Å²) in [5.74, 6) is 5.25. The Morgan fingerprint density at radius 1 is 1.09 bits per heavy atom. The number of imide groups is 1. The molecule has 32 heavy (non-hydrogen) atoms. The number of aliphatic hydroxyl groups excluding tert-OH is 1. The van der Waals surface area contributed by atoms with Crippen LogP contribution in [0.4, 0.5) is 4.79 Å². The number of aliphatic hydroxyl groups is 1. The number of rotatable bonds is 3. The van der Waals surface area contributed by atoms with Gasteiger partial charge in [0, 0.05) is 26.2 Å². The number of carbonyl (C=O) groups excluding carboxylic acids is 3. The molecule has 4 rings (SSSR count). The van der Waals surface area contributed by atoms with Crippen LogP contribution in [-0.2, 0) is 4.74 Å². The third kappa shape index (κ3) is 4.50. The van der Waals surface area contributed by atoms with Crippen LogP contribution < -0.4 is 0 Å². The first-order valence-corrected chi connectivity index (χ1v) is 11.0. The maximum absolute atomic E-state index is 12.5. The first kappa shape index (κ1) is 22.3. The lowest BCUT2D eigenvalue weighted by molar-refractivity contribution is 0.0114. The summed E-state index contributed by atoms with van der Waals surface area (Å²) in [6, 6.07) is 6.65. The van der Waals surface area contributed by atoms with E-state index in [1.54, 1.807) is 29.2 Å². The zero-order chi connectivity index (χ0) is 23.1. The van der Waals surface area contributed by atoms with Crippen LogP contribution >= 0.6 is 0 Å². The Kier molecular flexibility index (Phi) is 5.74. The molecule has 1 aliphatic carbocycles. The molecule has 1 saturated heterocycles. The molecule has 1 unspecified atom stereocenters. The van der Waals surface area contributed by atoms with Crippen molar-refractivity contribution in [1.29, 1.82) is 0 Å². The Morgan fingerprint density at radius 3 is 2.16 bits per heavy atom. The second-order valence-corrected chi connectivity index (χ2v) is 9.54. The van der Waals surface area contributed by atoms with Gasteiger partial charge >= 0.3 is 6.09 Å². The van der Waals surface area contributed by atoms with Crippen LogP contribution in [0.15, 0.2) is 24.3 Å². The standard InChI is InChI=1S/C24H29N3O5/c1-23(2,3)32-22(31)25-12-14-26(15-13-25)24(10-11-24)9-8-17(28)16-27-20(29)18-6-4-5-7-19(18)21(27)30/h4-7,17,28H,10-16H2,1-3H3. The summed E-state index contributed by atoms with van der Waals surface area (Å²) in [6.45, 7) is 7.90. The molecule has 170 valence electrons. The number of nitrogens with zero attached hydrogens (tertiary/aromatic N) is 3. The van der Waals surface area contributed by atoms with Gasteiger partial charge in [0.05, 0.1) is 23.2 Å². The maximum Gasteiger partial charge on any atom is 0.410 e. The highest BCUT2D eigenvalue weighted by atomic mass is 16.6. The predicted molar refractivity (Wildman–Crippen MR) is 117 cm³/mol. The number of carbonyl (C=O) groups is 3. The molecule has 1 aromatic rings. The molecule has 0 bridgehead atoms. The van der Waals surface area contributed by atoms with Gasteiger partial charge in [0.15, 0.2) is 0 Å². The molecule has 2 heterocycles. The largest absolute Gasteiger partial charge is 0.444 e. The average Bonchev–Trinajstić information content (AvgIpc) is 3.51. The lowest BCUT2D eigenvalue weighted by atomic mass is 10.1. The van der Waals surface area contributed by atoms with E-state index >= 15 is 0 Å². The van der Waals surface area contributed by atoms with Crippen molar-refractivity contribution in [2.45, 2.75) is 50.9 Å². The minimum atomic E-state index is -1.11. The molecule has 0 radical (unpaired) electrons. The SMILES string of the molecule is CC(C)(C)OC(=O)N1CCN(C2(C#CC(O)CN3C(=O)c4ccccc4C3=O)CC2)CC1. The van der Waals surface area contributed by atoms with Crippen LogP contribution in [0.25, 0.3) is 0 Å². The second kappa shape index (κ2) is 8.23. The summed E-state index contributed by atoms with van der Waals surface area (Å²) < 4.78 is 5.44. The number of β-amino-alcohol motifs (C(OH)–C–C–N with tert-alkyl or cyclic N) is 1. The third-order valence-corrected chi connectivity index (χ3v) is 5.97. The van der Waals surface area contributed by atoms with Gasteiger partial charge in [0.25, 0.3) is 11.8 Å². The van der Waals surface area contributed by atoms with Gasteiger partial charge in [-0.1, -0.05) is 24.0 Å². The van der Waals surface area contributed by atoms with E-state index in [-0.39, 0.29) is 18.2 Å². The van der Waals surface area contributed by atoms with Crippen LogP contribution in [0.3, 0.4) is 0 Å². The first-order valence-electron chi connectivity index (χ1n) is 11.0. The van der Waals surface area contributed by atoms with Crippen molar-refractivity contribution in [3.8, 4) is 11.8 Å². The quantitative estimate of drug-likeness (QED) is 0.570. The van der Waals surface area contributed by atoms with Gasteiger partial charge in [-0.3, -0.25) is 19.4 Å². The van der Waals surface area contributed by atoms with Gasteiger partial charge in [0.1, 0.15) is 11.7 Å². The molecular weight excluding hydrogens is 410 g/mol. The number of hydrogen-bond acceptors (Lipinski definition) is 6. The molecule has 1 N–H and O–H groups in total. The summed E-state index contributed by atoms with van der Waals surface area (Å²) >= 11 is 0. The number of ether oxygens (including phenoxy) is 1. The summed E-state index contributed by atoms with van der Waals surface area (Å²) in [4.78, 5) is 42.2. The molecular formula is C24H29N3O5. The molecule has 2 fully saturated rings. The van der Waals surface area contributed by atoms with Crippen molar-refractivity contribution < 1.29 is 24.2 Å². The van der Waals surface area contributed by atoms with Gasteiger partial charge in [-0.05, 0) is 45.7 Å². The number of benzene rings is 1. The minimum Gasteiger partial charge on any atom is -0.444 e. The van der Waals surface area contributed by atoms with Gasteiger partial charge in [0.2, 0.25) is 0 Å². The minimum absolute atomic E-state index is 0.151. The monoisotopic (exact) mass is 439 g/mol. The number of fused-ring (bicyclic) bond motifs is 1. The highest BCUT2D eigenvalue weighted by Gasteiger charge is 2.48. The van der Waals surface area contributed by atoms with Gasteiger partial charge in [-0.15, -0.1) is 0 Å². The second-order valence-electron chi connectivity index (χ2n) is 9.54. The first-order chi connectivity index (χ1) is 15.1. The predicted octanol–water partition coefficient (Wildman–Crippen LogP) is 1.73. The van der Waals surface area contributed by atoms with E-state index in [1.807, 2.05) is 20.8 Å². The van der Waals surface area contributed by atoms with E-state index in [0.29, 0.717) is 37.3 Å². The highest BCUT2D eigenvalue weighted by Crippen LogP contribution is 2.41. The van der Waals surface area contributed by atoms with E-state index in [9.17, 15) is 19.5 Å². The number of piperazine rings is 1. The van der Waals surface area contributed by atoms with Gasteiger partial charge in [-0.2, -0.15) is 0 Å². The third-order valence-electron chi connectivity index (χ3n) is 5.97. The van der Waals surface area contributed by atoms with Crippen molar-refractivity contribution in [2.75, 3.05) is 32.7 Å². The molecule has 1 atom stereocenters. The highest BCUT2D eigenvalue weighted by molar-refractivity contribution is 6.21. The van der Waals surface area contributed by atoms with Crippen molar-refractivity contribution in [1.82, 2.24) is 14.7 Å². The Hall–Kier alpha value is -2.89. The fourth-order valence-corrected chi connectivity index (χ4v) is 4.12. The van der Waals surface area contributed by atoms with Crippen molar-refractivity contribution in [3.63, 3.8) is 0 Å². The van der Waals surface area contributed by atoms with Crippen LogP contribution in [0.2, 0.25) is 0 Å². The maximum atomic E-state index is 12.5. The van der Waals surface area contributed by atoms with E-state index < -0.39 is 23.5 Å². The fourth-order valence-electron chi connectivity index (χ4n) is 4.12. The Balaban J connectivity index is 1.33. The van der Waals surface area contributed by atoms with Gasteiger partial charge < -0.3 is 14.7 Å². The molecule has 8 nitrogen and oxygen atoms in total. The molecule has 3 aliphatic rings. The van der Waals surface area contributed by atoms with Crippen molar-refractivity contribution in [3.05, 3.63) is 35.4 Å². The van der Waals surface area contributed by atoms with Crippen LogP contribution in [-0.4, -0.2) is 87.7 Å². The number of hydrogen-bond donors (Lipinski definition) is 1. The van der Waals surface area contributed by atoms with E-state index in [0.717, 1.165) is 17.7 Å². The van der Waals surface area contributed by atoms with Gasteiger partial charge in [-0.25, -0.2) is 4.79 Å². The van der Waals surface area contributed by atoms with E-state index in [4.69, 9.17) is 4.74 Å². The summed E-state index contributed by atoms with van der Waals surface area (Å²) in [6.07, 6.45) is 0.375. The van der Waals surface area contributed by atoms with Crippen molar-refractivity contribution >= 4 is 17.9 Å². The lowest BCUT2D eigenvalue weighted by Crippen LogP contribution is -2.53. The molecule has 8 heteroatoms. The normalized spacial score (nSPS) is 21.0. The van der Waals surface area contributed by atoms with E-state index in [2.05, 4.69) is 16.7 Å². The van der Waals surface area contributed by atoms with Crippen molar-refractivity contribution in [2.24, 2.45) is 0 Å². The van der Waals surface area contributed by atoms with Crippen LogP contribution in [0.1, 0.15) is 54.3 Å². The lowest BCUT2D eigenvalue weighted by Gasteiger charge is -2.38. The molecule has 1 aromatic carbocycles. The Bertz CT molecular complexity index is 956. The summed E-state index contributed by atoms with van der Waals surface area (Å²) in [5, 5.41) is 10.4. The number of amides is 3. The molecule has 2 aliphatic heterocycles. The molecule has 3 amide bonds. The van der Waals surface area contributed by atoms with E-state index in [1.165, 1.54) is 0 Å². The zero-order valence-corrected chi connectivity index (χ0v) is 18.8. The molecule has 0 spiro atoms. The Morgan fingerprint density at radius 2 is 1.66 bits per heavy atom. The van der Waals surface area contributed by atoms with Crippen LogP contribution in [0.5, 0.6) is 0 Å². The fraction of sp³-hybridized carbons (Fsp3) is 0.542. The molecule has 1 saturated carbocycles. The smallest absolute Gasteiger partial charge is 0.410 e. The molecule has 0 aromatic heterocycles.